The van der Waals surface area contributed by atoms with Gasteiger partial charge in [0.15, 0.2) is 11.5 Å². The summed E-state index contributed by atoms with van der Waals surface area (Å²) in [5.74, 6) is 1.54. The van der Waals surface area contributed by atoms with Gasteiger partial charge < -0.3 is 19.5 Å². The molecule has 8 nitrogen and oxygen atoms in total. The minimum Gasteiger partial charge on any atom is -0.497 e. The number of amides is 1. The molecule has 1 atom stereocenters. The van der Waals surface area contributed by atoms with Crippen LogP contribution >= 0.6 is 0 Å². The van der Waals surface area contributed by atoms with E-state index in [4.69, 9.17) is 14.2 Å². The number of nitrogens with zero attached hydrogens (tertiary/aromatic N) is 1. The summed E-state index contributed by atoms with van der Waals surface area (Å²) in [7, 11) is -0.480. The summed E-state index contributed by atoms with van der Waals surface area (Å²) in [6, 6.07) is 13.5. The monoisotopic (exact) mass is 462 g/mol. The van der Waals surface area contributed by atoms with Gasteiger partial charge in [-0.05, 0) is 56.2 Å². The van der Waals surface area contributed by atoms with Crippen LogP contribution in [0.2, 0.25) is 0 Å². The summed E-state index contributed by atoms with van der Waals surface area (Å²) >= 11 is 0. The van der Waals surface area contributed by atoms with Gasteiger partial charge in [-0.1, -0.05) is 12.1 Å². The average Bonchev–Trinajstić information content (AvgIpc) is 2.83. The molecule has 2 aromatic rings. The Kier molecular flexibility index (Phi) is 7.98. The van der Waals surface area contributed by atoms with Gasteiger partial charge in [0.1, 0.15) is 12.4 Å². The smallest absolute Gasteiger partial charge is 0.243 e. The lowest BCUT2D eigenvalue weighted by atomic mass is 9.97. The van der Waals surface area contributed by atoms with Crippen LogP contribution in [0.25, 0.3) is 0 Å². The molecule has 0 unspecified atom stereocenters. The predicted molar refractivity (Wildman–Crippen MR) is 121 cm³/mol. The highest BCUT2D eigenvalue weighted by atomic mass is 32.2. The lowest BCUT2D eigenvalue weighted by Crippen LogP contribution is -2.45. The van der Waals surface area contributed by atoms with Crippen molar-refractivity contribution in [1.82, 2.24) is 9.62 Å². The second-order valence-corrected chi connectivity index (χ2v) is 9.66. The summed E-state index contributed by atoms with van der Waals surface area (Å²) < 4.78 is 43.3. The molecule has 2 aromatic carbocycles. The van der Waals surface area contributed by atoms with Gasteiger partial charge in [-0.3, -0.25) is 4.79 Å². The normalized spacial score (nSPS) is 16.2. The van der Waals surface area contributed by atoms with Crippen LogP contribution in [0.3, 0.4) is 0 Å². The number of sulfonamides is 1. The number of nitrogens with one attached hydrogen (secondary N) is 1. The summed E-state index contributed by atoms with van der Waals surface area (Å²) in [5.41, 5.74) is 0. The third kappa shape index (κ3) is 5.72. The van der Waals surface area contributed by atoms with Crippen LogP contribution in [0.4, 0.5) is 0 Å². The molecule has 32 heavy (non-hydrogen) atoms. The second kappa shape index (κ2) is 10.7. The second-order valence-electron chi connectivity index (χ2n) is 7.73. The van der Waals surface area contributed by atoms with E-state index in [1.54, 1.807) is 19.2 Å². The Bertz CT molecular complexity index is 1000. The summed E-state index contributed by atoms with van der Waals surface area (Å²) in [5, 5.41) is 2.97. The number of piperidine rings is 1. The van der Waals surface area contributed by atoms with Gasteiger partial charge in [-0.2, -0.15) is 4.31 Å². The van der Waals surface area contributed by atoms with Crippen molar-refractivity contribution >= 4 is 15.9 Å². The fourth-order valence-corrected chi connectivity index (χ4v) is 5.08. The quantitative estimate of drug-likeness (QED) is 0.616. The van der Waals surface area contributed by atoms with E-state index in [1.807, 2.05) is 31.2 Å². The van der Waals surface area contributed by atoms with Crippen LogP contribution in [0.5, 0.6) is 17.2 Å². The van der Waals surface area contributed by atoms with Crippen molar-refractivity contribution in [2.45, 2.75) is 30.7 Å². The van der Waals surface area contributed by atoms with Crippen LogP contribution < -0.4 is 19.5 Å². The zero-order valence-corrected chi connectivity index (χ0v) is 19.4. The Hall–Kier alpha value is -2.78. The van der Waals surface area contributed by atoms with E-state index in [9.17, 15) is 13.2 Å². The van der Waals surface area contributed by atoms with E-state index in [0.717, 1.165) is 0 Å². The summed E-state index contributed by atoms with van der Waals surface area (Å²) in [4.78, 5) is 12.9. The molecule has 1 saturated heterocycles. The number of ether oxygens (including phenoxy) is 3. The third-order valence-electron chi connectivity index (χ3n) is 5.47. The summed E-state index contributed by atoms with van der Waals surface area (Å²) in [6.45, 7) is 2.78. The SMILES string of the molecule is COc1ccc(S(=O)(=O)N2CCC(C(=O)N[C@H](C)COc3ccccc3OC)CC2)cc1. The first-order valence-electron chi connectivity index (χ1n) is 10.6. The number of benzene rings is 2. The van der Waals surface area contributed by atoms with Gasteiger partial charge in [-0.15, -0.1) is 0 Å². The highest BCUT2D eigenvalue weighted by Crippen LogP contribution is 2.27. The first kappa shape index (κ1) is 23.9. The standard InChI is InChI=1S/C23H30N2O6S/c1-17(16-31-22-7-5-4-6-21(22)30-3)24-23(26)18-12-14-25(15-13-18)32(27,28)20-10-8-19(29-2)9-11-20/h4-11,17-18H,12-16H2,1-3H3,(H,24,26)/t17-/m1/s1. The molecule has 1 fully saturated rings. The zero-order chi connectivity index (χ0) is 23.1. The fourth-order valence-electron chi connectivity index (χ4n) is 3.61. The molecule has 0 aromatic heterocycles. The van der Waals surface area contributed by atoms with Crippen LogP contribution in [0, 0.1) is 5.92 Å². The average molecular weight is 463 g/mol. The molecule has 0 spiro atoms. The number of carbonyl (C=O) groups excluding carboxylic acids is 1. The fraction of sp³-hybridized carbons (Fsp3) is 0.435. The Morgan fingerprint density at radius 1 is 1.03 bits per heavy atom. The largest absolute Gasteiger partial charge is 0.497 e. The van der Waals surface area contributed by atoms with Crippen LogP contribution in [0.1, 0.15) is 19.8 Å². The third-order valence-corrected chi connectivity index (χ3v) is 7.38. The van der Waals surface area contributed by atoms with E-state index in [1.165, 1.54) is 23.5 Å². The molecule has 0 bridgehead atoms. The molecule has 1 N–H and O–H groups in total. The van der Waals surface area contributed by atoms with Gasteiger partial charge >= 0.3 is 0 Å². The van der Waals surface area contributed by atoms with E-state index in [0.29, 0.717) is 49.8 Å². The van der Waals surface area contributed by atoms with Crippen LogP contribution in [0.15, 0.2) is 53.4 Å². The van der Waals surface area contributed by atoms with Crippen molar-refractivity contribution in [2.75, 3.05) is 33.9 Å². The molecule has 0 radical (unpaired) electrons. The van der Waals surface area contributed by atoms with E-state index in [2.05, 4.69) is 5.32 Å². The van der Waals surface area contributed by atoms with Crippen molar-refractivity contribution < 1.29 is 27.4 Å². The van der Waals surface area contributed by atoms with Crippen LogP contribution in [-0.2, 0) is 14.8 Å². The molecule has 1 aliphatic rings. The maximum atomic E-state index is 12.9. The number of methoxy groups -OCH3 is 2. The van der Waals surface area contributed by atoms with Gasteiger partial charge in [0.2, 0.25) is 15.9 Å². The highest BCUT2D eigenvalue weighted by molar-refractivity contribution is 7.89. The zero-order valence-electron chi connectivity index (χ0n) is 18.6. The van der Waals surface area contributed by atoms with Crippen LogP contribution in [-0.4, -0.2) is 58.6 Å². The van der Waals surface area contributed by atoms with Crippen molar-refractivity contribution in [3.63, 3.8) is 0 Å². The Morgan fingerprint density at radius 3 is 2.25 bits per heavy atom. The molecular weight excluding hydrogens is 432 g/mol. The first-order chi connectivity index (χ1) is 15.3. The number of hydrogen-bond donors (Lipinski definition) is 1. The molecule has 0 saturated carbocycles. The van der Waals surface area contributed by atoms with E-state index >= 15 is 0 Å². The van der Waals surface area contributed by atoms with Crippen molar-refractivity contribution in [2.24, 2.45) is 5.92 Å². The Labute approximate surface area is 189 Å². The van der Waals surface area contributed by atoms with Crippen molar-refractivity contribution in [3.8, 4) is 17.2 Å². The lowest BCUT2D eigenvalue weighted by molar-refractivity contribution is -0.126. The molecule has 1 aliphatic heterocycles. The summed E-state index contributed by atoms with van der Waals surface area (Å²) in [6.07, 6.45) is 0.947. The molecule has 9 heteroatoms. The van der Waals surface area contributed by atoms with Crippen molar-refractivity contribution in [1.29, 1.82) is 0 Å². The number of para-hydroxylation sites is 2. The minimum atomic E-state index is -3.59. The van der Waals surface area contributed by atoms with Gasteiger partial charge in [-0.25, -0.2) is 8.42 Å². The molecule has 0 aliphatic carbocycles. The Morgan fingerprint density at radius 2 is 1.66 bits per heavy atom. The van der Waals surface area contributed by atoms with Gasteiger partial charge in [0.25, 0.3) is 0 Å². The lowest BCUT2D eigenvalue weighted by Gasteiger charge is -2.31. The molecule has 1 heterocycles. The maximum absolute atomic E-state index is 12.9. The van der Waals surface area contributed by atoms with Gasteiger partial charge in [0.05, 0.1) is 25.2 Å². The number of hydrogen-bond acceptors (Lipinski definition) is 6. The molecule has 3 rings (SSSR count). The topological polar surface area (TPSA) is 94.2 Å². The van der Waals surface area contributed by atoms with E-state index < -0.39 is 10.0 Å². The predicted octanol–water partition coefficient (Wildman–Crippen LogP) is 2.69. The Balaban J connectivity index is 1.49. The first-order valence-corrected chi connectivity index (χ1v) is 12.0. The van der Waals surface area contributed by atoms with Crippen molar-refractivity contribution in [3.05, 3.63) is 48.5 Å². The molecule has 174 valence electrons. The van der Waals surface area contributed by atoms with E-state index in [-0.39, 0.29) is 22.8 Å². The maximum Gasteiger partial charge on any atom is 0.243 e. The number of carbonyl (C=O) groups is 1. The molecular formula is C23H30N2O6S. The number of rotatable bonds is 9. The highest BCUT2D eigenvalue weighted by Gasteiger charge is 2.32. The molecule has 1 amide bonds. The van der Waals surface area contributed by atoms with Gasteiger partial charge in [0, 0.05) is 19.0 Å². The minimum absolute atomic E-state index is 0.0809.